The van der Waals surface area contributed by atoms with Gasteiger partial charge in [0, 0.05) is 10.7 Å². The second-order valence-electron chi connectivity index (χ2n) is 1.92. The van der Waals surface area contributed by atoms with Crippen LogP contribution in [0.4, 0.5) is 0 Å². The average molecular weight is 190 g/mol. The maximum absolute atomic E-state index is 10.3. The molecule has 0 saturated carbocycles. The molecule has 0 atom stereocenters. The Hall–Kier alpha value is -0.410. The summed E-state index contributed by atoms with van der Waals surface area (Å²) < 4.78 is 10.3. The Balaban J connectivity index is 2.71. The van der Waals surface area contributed by atoms with E-state index < -0.39 is 7.60 Å². The van der Waals surface area contributed by atoms with Crippen LogP contribution in [0, 0.1) is 0 Å². The predicted octanol–water partition coefficient (Wildman–Crippen LogP) is 1.90. The van der Waals surface area contributed by atoms with E-state index in [2.05, 4.69) is 0 Å². The Morgan fingerprint density at radius 1 is 1.55 bits per heavy atom. The molecule has 1 aromatic rings. The van der Waals surface area contributed by atoms with E-state index in [0.717, 1.165) is 10.7 Å². The van der Waals surface area contributed by atoms with E-state index in [-0.39, 0.29) is 0 Å². The van der Waals surface area contributed by atoms with Crippen LogP contribution in [-0.4, -0.2) is 9.79 Å². The van der Waals surface area contributed by atoms with E-state index in [1.807, 2.05) is 11.4 Å². The minimum atomic E-state index is -3.98. The molecule has 0 fully saturated rings. The molecule has 0 spiro atoms. The van der Waals surface area contributed by atoms with Crippen molar-refractivity contribution in [2.75, 3.05) is 0 Å². The highest BCUT2D eigenvalue weighted by Gasteiger charge is 2.04. The molecule has 0 amide bonds. The monoisotopic (exact) mass is 190 g/mol. The van der Waals surface area contributed by atoms with Crippen molar-refractivity contribution in [3.8, 4) is 0 Å². The molecule has 2 N–H and O–H groups in total. The topological polar surface area (TPSA) is 57.5 Å². The maximum Gasteiger partial charge on any atom is 0.349 e. The van der Waals surface area contributed by atoms with Crippen LogP contribution in [0.2, 0.25) is 0 Å². The molecule has 0 aliphatic carbocycles. The number of hydrogen-bond donors (Lipinski definition) is 2. The van der Waals surface area contributed by atoms with Crippen LogP contribution >= 0.6 is 18.9 Å². The van der Waals surface area contributed by atoms with Gasteiger partial charge >= 0.3 is 7.60 Å². The van der Waals surface area contributed by atoms with Crippen molar-refractivity contribution in [2.24, 2.45) is 0 Å². The van der Waals surface area contributed by atoms with Crippen molar-refractivity contribution in [3.05, 3.63) is 28.2 Å². The van der Waals surface area contributed by atoms with Gasteiger partial charge in [0.25, 0.3) is 0 Å². The van der Waals surface area contributed by atoms with Gasteiger partial charge in [0.2, 0.25) is 0 Å². The number of rotatable bonds is 2. The second-order valence-corrected chi connectivity index (χ2v) is 4.38. The zero-order chi connectivity index (χ0) is 8.32. The molecule has 0 bridgehead atoms. The third kappa shape index (κ3) is 3.49. The van der Waals surface area contributed by atoms with Crippen molar-refractivity contribution in [2.45, 2.75) is 0 Å². The Labute approximate surface area is 68.2 Å². The quantitative estimate of drug-likeness (QED) is 0.700. The molecule has 5 heteroatoms. The van der Waals surface area contributed by atoms with Gasteiger partial charge in [-0.2, -0.15) is 0 Å². The lowest BCUT2D eigenvalue weighted by atomic mass is 10.5. The standard InChI is InChI=1S/C6H7O3PS/c7-10(8,9)4-3-6-2-1-5-11-6/h1-5H,(H2,7,8,9)/b4-3+. The average Bonchev–Trinajstić information content (AvgIpc) is 2.32. The summed E-state index contributed by atoms with van der Waals surface area (Å²) >= 11 is 1.43. The minimum Gasteiger partial charge on any atom is -0.321 e. The van der Waals surface area contributed by atoms with Crippen molar-refractivity contribution in [1.82, 2.24) is 0 Å². The molecule has 1 aromatic heterocycles. The zero-order valence-corrected chi connectivity index (χ0v) is 7.26. The van der Waals surface area contributed by atoms with Crippen LogP contribution in [-0.2, 0) is 4.57 Å². The first kappa shape index (κ1) is 8.68. The number of thiophene rings is 1. The first-order valence-electron chi connectivity index (χ1n) is 2.86. The summed E-state index contributed by atoms with van der Waals surface area (Å²) in [6.07, 6.45) is 1.42. The zero-order valence-electron chi connectivity index (χ0n) is 5.54. The molecule has 1 rings (SSSR count). The van der Waals surface area contributed by atoms with E-state index in [4.69, 9.17) is 9.79 Å². The molecule has 11 heavy (non-hydrogen) atoms. The molecular weight excluding hydrogens is 183 g/mol. The van der Waals surface area contributed by atoms with Crippen LogP contribution in [0.3, 0.4) is 0 Å². The minimum absolute atomic E-state index is 0.841. The Morgan fingerprint density at radius 2 is 2.27 bits per heavy atom. The molecule has 0 saturated heterocycles. The van der Waals surface area contributed by atoms with Crippen molar-refractivity contribution >= 4 is 25.0 Å². The van der Waals surface area contributed by atoms with E-state index >= 15 is 0 Å². The van der Waals surface area contributed by atoms with Gasteiger partial charge < -0.3 is 9.79 Å². The summed E-state index contributed by atoms with van der Waals surface area (Å²) in [7, 11) is -3.98. The SMILES string of the molecule is O=P(O)(O)/C=C/c1cccs1. The lowest BCUT2D eigenvalue weighted by molar-refractivity contribution is 0.386. The molecule has 3 nitrogen and oxygen atoms in total. The summed E-state index contributed by atoms with van der Waals surface area (Å²) in [5.41, 5.74) is 0. The maximum atomic E-state index is 10.3. The van der Waals surface area contributed by atoms with Crippen LogP contribution in [0.25, 0.3) is 6.08 Å². The van der Waals surface area contributed by atoms with E-state index in [0.29, 0.717) is 0 Å². The lowest BCUT2D eigenvalue weighted by Gasteiger charge is -1.91. The van der Waals surface area contributed by atoms with Gasteiger partial charge in [-0.15, -0.1) is 11.3 Å². The highest BCUT2D eigenvalue weighted by molar-refractivity contribution is 7.55. The summed E-state index contributed by atoms with van der Waals surface area (Å²) in [5.74, 6) is 0.902. The normalized spacial score (nSPS) is 12.5. The van der Waals surface area contributed by atoms with Gasteiger partial charge in [-0.25, -0.2) is 0 Å². The fourth-order valence-electron chi connectivity index (χ4n) is 0.557. The van der Waals surface area contributed by atoms with E-state index in [1.54, 1.807) is 6.07 Å². The van der Waals surface area contributed by atoms with Crippen LogP contribution in [0.5, 0.6) is 0 Å². The van der Waals surface area contributed by atoms with Crippen LogP contribution < -0.4 is 0 Å². The van der Waals surface area contributed by atoms with E-state index in [9.17, 15) is 4.57 Å². The van der Waals surface area contributed by atoms with Gasteiger partial charge in [-0.1, -0.05) is 6.07 Å². The third-order valence-electron chi connectivity index (χ3n) is 0.976. The van der Waals surface area contributed by atoms with Crippen LogP contribution in [0.15, 0.2) is 23.3 Å². The Morgan fingerprint density at radius 3 is 2.73 bits per heavy atom. The molecule has 0 aliphatic rings. The third-order valence-corrected chi connectivity index (χ3v) is 2.35. The Kier molecular flexibility index (Phi) is 2.62. The van der Waals surface area contributed by atoms with Gasteiger partial charge in [-0.3, -0.25) is 4.57 Å². The van der Waals surface area contributed by atoms with Crippen molar-refractivity contribution in [1.29, 1.82) is 0 Å². The smallest absolute Gasteiger partial charge is 0.321 e. The lowest BCUT2D eigenvalue weighted by Crippen LogP contribution is -1.67. The second kappa shape index (κ2) is 3.32. The molecule has 1 heterocycles. The van der Waals surface area contributed by atoms with Gasteiger partial charge in [0.1, 0.15) is 0 Å². The molecule has 0 aromatic carbocycles. The number of hydrogen-bond acceptors (Lipinski definition) is 2. The first-order chi connectivity index (χ1) is 5.08. The van der Waals surface area contributed by atoms with Gasteiger partial charge in [0.05, 0.1) is 0 Å². The molecular formula is C6H7O3PS. The van der Waals surface area contributed by atoms with E-state index in [1.165, 1.54) is 17.4 Å². The van der Waals surface area contributed by atoms with Crippen molar-refractivity contribution in [3.63, 3.8) is 0 Å². The highest BCUT2D eigenvalue weighted by Crippen LogP contribution is 2.37. The molecule has 0 radical (unpaired) electrons. The molecule has 0 unspecified atom stereocenters. The first-order valence-corrected chi connectivity index (χ1v) is 5.42. The van der Waals surface area contributed by atoms with Crippen LogP contribution in [0.1, 0.15) is 4.88 Å². The summed E-state index contributed by atoms with van der Waals surface area (Å²) in [6.45, 7) is 0. The summed E-state index contributed by atoms with van der Waals surface area (Å²) in [5, 5.41) is 1.85. The molecule has 0 aliphatic heterocycles. The highest BCUT2D eigenvalue weighted by atomic mass is 32.1. The fraction of sp³-hybridized carbons (Fsp3) is 0. The molecule has 60 valence electrons. The predicted molar refractivity (Wildman–Crippen MR) is 45.4 cm³/mol. The van der Waals surface area contributed by atoms with Crippen molar-refractivity contribution < 1.29 is 14.4 Å². The summed E-state index contributed by atoms with van der Waals surface area (Å²) in [4.78, 5) is 17.7. The fourth-order valence-corrected chi connectivity index (χ4v) is 1.63. The van der Waals surface area contributed by atoms with Gasteiger partial charge in [-0.05, 0) is 17.5 Å². The summed E-state index contributed by atoms with van der Waals surface area (Å²) in [6, 6.07) is 3.61. The Bertz CT molecular complexity index is 285. The van der Waals surface area contributed by atoms with Gasteiger partial charge in [0.15, 0.2) is 0 Å². The largest absolute Gasteiger partial charge is 0.349 e.